The minimum Gasteiger partial charge on any atom is -0.458 e. The molecule has 2 aliphatic carbocycles. The van der Waals surface area contributed by atoms with Crippen LogP contribution in [0.2, 0.25) is 0 Å². The Morgan fingerprint density at radius 1 is 1.03 bits per heavy atom. The molecule has 0 saturated heterocycles. The molecule has 0 aromatic heterocycles. The van der Waals surface area contributed by atoms with Crippen molar-refractivity contribution in [3.63, 3.8) is 0 Å². The molecule has 0 radical (unpaired) electrons. The van der Waals surface area contributed by atoms with Gasteiger partial charge in [-0.2, -0.15) is 0 Å². The smallest absolute Gasteiger partial charge is 0.303 e. The topological polar surface area (TPSA) is 96.0 Å². The summed E-state index contributed by atoms with van der Waals surface area (Å²) in [5.74, 6) is -2.80. The number of hydrogen-bond donors (Lipinski definition) is 0. The normalized spacial score (nSPS) is 33.7. The highest BCUT2D eigenvalue weighted by Gasteiger charge is 2.59. The Balaban J connectivity index is 2.16. The molecule has 1 aromatic carbocycles. The summed E-state index contributed by atoms with van der Waals surface area (Å²) in [6.45, 7) is 12.0. The molecule has 0 bridgehead atoms. The van der Waals surface area contributed by atoms with E-state index in [1.165, 1.54) is 13.8 Å². The van der Waals surface area contributed by atoms with Crippen molar-refractivity contribution in [2.45, 2.75) is 85.7 Å². The average Bonchev–Trinajstić information content (AvgIpc) is 3.10. The second-order valence-electron chi connectivity index (χ2n) is 11.3. The van der Waals surface area contributed by atoms with E-state index in [1.807, 2.05) is 43.3 Å². The summed E-state index contributed by atoms with van der Waals surface area (Å²) < 4.78 is 18.0. The third kappa shape index (κ3) is 6.49. The van der Waals surface area contributed by atoms with Gasteiger partial charge in [0.05, 0.1) is 18.6 Å². The number of carbonyl (C=O) groups is 4. The summed E-state index contributed by atoms with van der Waals surface area (Å²) in [6, 6.07) is 9.71. The van der Waals surface area contributed by atoms with Crippen molar-refractivity contribution in [2.24, 2.45) is 23.2 Å². The first-order valence-corrected chi connectivity index (χ1v) is 13.2. The molecule has 1 fully saturated rings. The van der Waals surface area contributed by atoms with Crippen molar-refractivity contribution < 1.29 is 33.4 Å². The Morgan fingerprint density at radius 3 is 2.29 bits per heavy atom. The van der Waals surface area contributed by atoms with Gasteiger partial charge in [0.2, 0.25) is 0 Å². The van der Waals surface area contributed by atoms with Crippen LogP contribution in [0.1, 0.15) is 66.9 Å². The predicted molar refractivity (Wildman–Crippen MR) is 143 cm³/mol. The number of benzene rings is 1. The molecule has 6 atom stereocenters. The van der Waals surface area contributed by atoms with Gasteiger partial charge in [0.1, 0.15) is 11.9 Å². The van der Waals surface area contributed by atoms with Gasteiger partial charge in [0, 0.05) is 38.0 Å². The van der Waals surface area contributed by atoms with Gasteiger partial charge in [-0.05, 0) is 37.8 Å². The van der Waals surface area contributed by atoms with Crippen molar-refractivity contribution in [1.82, 2.24) is 0 Å². The van der Waals surface area contributed by atoms with E-state index in [4.69, 9.17) is 14.2 Å². The molecule has 0 aliphatic heterocycles. The van der Waals surface area contributed by atoms with Crippen molar-refractivity contribution in [3.05, 3.63) is 59.7 Å². The lowest BCUT2D eigenvalue weighted by Gasteiger charge is -2.36. The lowest BCUT2D eigenvalue weighted by molar-refractivity contribution is -0.171. The van der Waals surface area contributed by atoms with E-state index in [9.17, 15) is 19.2 Å². The van der Waals surface area contributed by atoms with Crippen LogP contribution >= 0.6 is 0 Å². The van der Waals surface area contributed by atoms with Gasteiger partial charge in [-0.25, -0.2) is 0 Å². The van der Waals surface area contributed by atoms with E-state index in [-0.39, 0.29) is 30.3 Å². The van der Waals surface area contributed by atoms with Crippen LogP contribution in [-0.2, 0) is 40.0 Å². The van der Waals surface area contributed by atoms with E-state index in [1.54, 1.807) is 39.8 Å². The third-order valence-corrected chi connectivity index (χ3v) is 7.67. The molecule has 0 unspecified atom stereocenters. The van der Waals surface area contributed by atoms with Crippen molar-refractivity contribution in [3.8, 4) is 0 Å². The molecule has 0 heterocycles. The van der Waals surface area contributed by atoms with Crippen molar-refractivity contribution in [1.29, 1.82) is 0 Å². The minimum absolute atomic E-state index is 0.0139. The van der Waals surface area contributed by atoms with E-state index >= 15 is 0 Å². The monoisotopic (exact) mass is 524 g/mol. The molecule has 0 spiro atoms. The maximum absolute atomic E-state index is 14.1. The lowest BCUT2D eigenvalue weighted by atomic mass is 9.76. The third-order valence-electron chi connectivity index (χ3n) is 7.67. The molecule has 7 heteroatoms. The fourth-order valence-corrected chi connectivity index (χ4v) is 5.56. The van der Waals surface area contributed by atoms with Crippen LogP contribution in [0, 0.1) is 23.2 Å². The molecule has 1 aromatic rings. The van der Waals surface area contributed by atoms with E-state index < -0.39 is 47.0 Å². The first-order valence-electron chi connectivity index (χ1n) is 13.2. The van der Waals surface area contributed by atoms with Crippen LogP contribution < -0.4 is 0 Å². The summed E-state index contributed by atoms with van der Waals surface area (Å²) in [7, 11) is 0. The van der Waals surface area contributed by atoms with Crippen LogP contribution in [0.25, 0.3) is 0 Å². The number of fused-ring (bicyclic) bond motifs is 1. The molecule has 0 N–H and O–H groups in total. The summed E-state index contributed by atoms with van der Waals surface area (Å²) in [5, 5.41) is 0. The second kappa shape index (κ2) is 11.8. The first-order chi connectivity index (χ1) is 17.8. The van der Waals surface area contributed by atoms with E-state index in [0.717, 1.165) is 5.56 Å². The Hall–Kier alpha value is -3.06. The number of hydrogen-bond acceptors (Lipinski definition) is 7. The van der Waals surface area contributed by atoms with Crippen molar-refractivity contribution >= 4 is 23.5 Å². The zero-order valence-electron chi connectivity index (χ0n) is 23.5. The van der Waals surface area contributed by atoms with Crippen LogP contribution in [-0.4, -0.2) is 41.3 Å². The Kier molecular flexibility index (Phi) is 9.13. The van der Waals surface area contributed by atoms with Gasteiger partial charge >= 0.3 is 11.9 Å². The lowest BCUT2D eigenvalue weighted by Crippen LogP contribution is -2.50. The number of esters is 2. The highest BCUT2D eigenvalue weighted by molar-refractivity contribution is 5.94. The molecule has 7 nitrogen and oxygen atoms in total. The number of carbonyl (C=O) groups excluding carboxylic acids is 4. The molecule has 206 valence electrons. The number of rotatable bonds is 5. The molecule has 38 heavy (non-hydrogen) atoms. The van der Waals surface area contributed by atoms with Crippen LogP contribution in [0.5, 0.6) is 0 Å². The summed E-state index contributed by atoms with van der Waals surface area (Å²) >= 11 is 0. The van der Waals surface area contributed by atoms with Gasteiger partial charge in [-0.1, -0.05) is 62.4 Å². The summed E-state index contributed by atoms with van der Waals surface area (Å²) in [4.78, 5) is 51.8. The maximum atomic E-state index is 14.1. The Labute approximate surface area is 225 Å². The molecular weight excluding hydrogens is 484 g/mol. The standard InChI is InChI=1S/C31H40O7/c1-19-13-14-30(6,7)27(34)16-26(37-22(4)32)20(2)15-25-28(36-18-24-11-9-8-10-12-24)21(3)17-31(25,29(19)35)38-23(5)33/h8-15,19,21,25-26,28H,16-18H2,1-7H3/b14-13+,20-15+/t19-,21+,25-,26+,28-,31+/m0/s1. The quantitative estimate of drug-likeness (QED) is 0.387. The maximum Gasteiger partial charge on any atom is 0.303 e. The van der Waals surface area contributed by atoms with Gasteiger partial charge in [0.15, 0.2) is 11.4 Å². The largest absolute Gasteiger partial charge is 0.458 e. The number of Topliss-reactive ketones (excluding diaryl/α,β-unsaturated/α-hetero) is 2. The fourth-order valence-electron chi connectivity index (χ4n) is 5.56. The van der Waals surface area contributed by atoms with Crippen LogP contribution in [0.3, 0.4) is 0 Å². The molecule has 2 aliphatic rings. The Morgan fingerprint density at radius 2 is 1.68 bits per heavy atom. The number of ether oxygens (including phenoxy) is 3. The molecule has 3 rings (SSSR count). The van der Waals surface area contributed by atoms with Gasteiger partial charge in [-0.3, -0.25) is 19.2 Å². The number of allylic oxidation sites excluding steroid dienone is 2. The fraction of sp³-hybridized carbons (Fsp3) is 0.548. The highest BCUT2D eigenvalue weighted by atomic mass is 16.6. The minimum atomic E-state index is -1.47. The van der Waals surface area contributed by atoms with Crippen LogP contribution in [0.15, 0.2) is 54.1 Å². The average molecular weight is 525 g/mol. The molecular formula is C31H40O7. The van der Waals surface area contributed by atoms with Gasteiger partial charge < -0.3 is 14.2 Å². The molecule has 1 saturated carbocycles. The predicted octanol–water partition coefficient (Wildman–Crippen LogP) is 5.17. The zero-order chi connectivity index (χ0) is 28.3. The molecule has 0 amide bonds. The number of ketones is 2. The SMILES string of the molecule is CC(=O)O[C@@H]1CC(=O)C(C)(C)/C=C/[C@H](C)C(=O)[C@@]2(OC(C)=O)C[C@@H](C)[C@H](OCc3ccccc3)[C@@H]2/C=C/1C. The first kappa shape index (κ1) is 29.5. The summed E-state index contributed by atoms with van der Waals surface area (Å²) in [5.41, 5.74) is -0.763. The van der Waals surface area contributed by atoms with Gasteiger partial charge in [-0.15, -0.1) is 0 Å². The summed E-state index contributed by atoms with van der Waals surface area (Å²) in [6.07, 6.45) is 4.26. The van der Waals surface area contributed by atoms with Gasteiger partial charge in [0.25, 0.3) is 0 Å². The van der Waals surface area contributed by atoms with E-state index in [0.29, 0.717) is 12.2 Å². The zero-order valence-corrected chi connectivity index (χ0v) is 23.5. The van der Waals surface area contributed by atoms with E-state index in [2.05, 4.69) is 0 Å². The Bertz CT molecular complexity index is 1120. The van der Waals surface area contributed by atoms with Crippen LogP contribution in [0.4, 0.5) is 0 Å². The highest BCUT2D eigenvalue weighted by Crippen LogP contribution is 2.48. The second-order valence-corrected chi connectivity index (χ2v) is 11.3. The van der Waals surface area contributed by atoms with Crippen molar-refractivity contribution in [2.75, 3.05) is 0 Å².